The van der Waals surface area contributed by atoms with Crippen molar-refractivity contribution >= 4 is 17.4 Å². The van der Waals surface area contributed by atoms with Crippen LogP contribution in [0.5, 0.6) is 0 Å². The lowest BCUT2D eigenvalue weighted by Gasteiger charge is -2.04. The van der Waals surface area contributed by atoms with Crippen molar-refractivity contribution in [1.82, 2.24) is 0 Å². The number of unbranched alkanes of at least 4 members (excludes halogenated alkanes) is 3. The Labute approximate surface area is 112 Å². The topological polar surface area (TPSA) is 43.1 Å². The Morgan fingerprint density at radius 3 is 2.61 bits per heavy atom. The summed E-state index contributed by atoms with van der Waals surface area (Å²) in [6, 6.07) is 4.14. The minimum absolute atomic E-state index is 0.149. The third-order valence-corrected chi connectivity index (χ3v) is 3.16. The number of rotatable bonds is 8. The van der Waals surface area contributed by atoms with Crippen molar-refractivity contribution in [3.63, 3.8) is 0 Å². The molecule has 0 unspecified atom stereocenters. The quantitative estimate of drug-likeness (QED) is 0.736. The summed E-state index contributed by atoms with van der Waals surface area (Å²) in [5.74, 6) is -0.228. The Morgan fingerprint density at radius 1 is 1.22 bits per heavy atom. The van der Waals surface area contributed by atoms with Crippen LogP contribution in [0.1, 0.15) is 37.7 Å². The van der Waals surface area contributed by atoms with Gasteiger partial charge in [0.15, 0.2) is 0 Å². The van der Waals surface area contributed by atoms with Crippen LogP contribution in [0.3, 0.4) is 0 Å². The molecule has 0 saturated heterocycles. The number of Topliss-reactive ketones (excluding diaryl/α,β-unsaturated/α-hetero) is 1. The van der Waals surface area contributed by atoms with Gasteiger partial charge >= 0.3 is 0 Å². The Hall–Kier alpha value is -0.930. The van der Waals surface area contributed by atoms with Gasteiger partial charge < -0.3 is 5.73 Å². The molecule has 0 saturated carbocycles. The lowest BCUT2D eigenvalue weighted by atomic mass is 10.0. The molecule has 1 rings (SSSR count). The second-order valence-electron chi connectivity index (χ2n) is 4.40. The summed E-state index contributed by atoms with van der Waals surface area (Å²) in [4.78, 5) is 11.7. The zero-order chi connectivity index (χ0) is 13.4. The van der Waals surface area contributed by atoms with E-state index in [9.17, 15) is 9.18 Å². The second kappa shape index (κ2) is 8.22. The molecule has 0 radical (unpaired) electrons. The fraction of sp³-hybridized carbons (Fsp3) is 0.500. The van der Waals surface area contributed by atoms with Crippen LogP contribution in [-0.2, 0) is 11.2 Å². The molecular formula is C14H19ClFNO. The highest BCUT2D eigenvalue weighted by Crippen LogP contribution is 2.18. The van der Waals surface area contributed by atoms with Crippen LogP contribution in [0.2, 0.25) is 5.02 Å². The van der Waals surface area contributed by atoms with E-state index in [1.165, 1.54) is 12.1 Å². The number of benzene rings is 1. The molecule has 0 aliphatic carbocycles. The first kappa shape index (κ1) is 15.1. The lowest BCUT2D eigenvalue weighted by Crippen LogP contribution is -2.03. The Balaban J connectivity index is 2.31. The van der Waals surface area contributed by atoms with Gasteiger partial charge in [-0.1, -0.05) is 30.5 Å². The van der Waals surface area contributed by atoms with Crippen LogP contribution in [-0.4, -0.2) is 12.3 Å². The Morgan fingerprint density at radius 2 is 1.94 bits per heavy atom. The summed E-state index contributed by atoms with van der Waals surface area (Å²) in [6.45, 7) is 0.707. The summed E-state index contributed by atoms with van der Waals surface area (Å²) in [6.07, 6.45) is 4.84. The summed E-state index contributed by atoms with van der Waals surface area (Å²) >= 11 is 5.87. The number of carbonyl (C=O) groups excluding carboxylic acids is 1. The van der Waals surface area contributed by atoms with E-state index in [0.29, 0.717) is 23.6 Å². The molecule has 0 spiro atoms. The van der Waals surface area contributed by atoms with Crippen molar-refractivity contribution in [2.45, 2.75) is 38.5 Å². The first-order chi connectivity index (χ1) is 8.63. The average Bonchev–Trinajstić information content (AvgIpc) is 2.32. The molecule has 4 heteroatoms. The van der Waals surface area contributed by atoms with Gasteiger partial charge in [-0.15, -0.1) is 0 Å². The van der Waals surface area contributed by atoms with E-state index < -0.39 is 0 Å². The number of carbonyl (C=O) groups is 1. The third-order valence-electron chi connectivity index (χ3n) is 2.81. The molecule has 18 heavy (non-hydrogen) atoms. The largest absolute Gasteiger partial charge is 0.330 e. The van der Waals surface area contributed by atoms with Gasteiger partial charge in [0, 0.05) is 17.9 Å². The van der Waals surface area contributed by atoms with Crippen LogP contribution in [0.25, 0.3) is 0 Å². The highest BCUT2D eigenvalue weighted by molar-refractivity contribution is 6.31. The van der Waals surface area contributed by atoms with Gasteiger partial charge in [0.05, 0.1) is 0 Å². The van der Waals surface area contributed by atoms with Crippen molar-refractivity contribution < 1.29 is 9.18 Å². The minimum atomic E-state index is -0.377. The van der Waals surface area contributed by atoms with E-state index in [0.717, 1.165) is 25.7 Å². The molecule has 0 bridgehead atoms. The van der Waals surface area contributed by atoms with Crippen molar-refractivity contribution in [3.8, 4) is 0 Å². The Kier molecular flexibility index (Phi) is 6.91. The zero-order valence-corrected chi connectivity index (χ0v) is 11.2. The maximum atomic E-state index is 12.8. The molecule has 1 aromatic carbocycles. The molecule has 1 aromatic rings. The molecule has 100 valence electrons. The van der Waals surface area contributed by atoms with Crippen LogP contribution < -0.4 is 5.73 Å². The molecular weight excluding hydrogens is 253 g/mol. The lowest BCUT2D eigenvalue weighted by molar-refractivity contribution is -0.118. The highest BCUT2D eigenvalue weighted by atomic mass is 35.5. The van der Waals surface area contributed by atoms with Crippen molar-refractivity contribution in [1.29, 1.82) is 0 Å². The standard InChI is InChI=1S/C14H19ClFNO/c15-14-10-12(16)7-6-11(14)9-13(18)5-3-1-2-4-8-17/h6-7,10H,1-5,8-9,17H2. The number of hydrogen-bond acceptors (Lipinski definition) is 2. The van der Waals surface area contributed by atoms with Crippen LogP contribution >= 0.6 is 11.6 Å². The van der Waals surface area contributed by atoms with E-state index >= 15 is 0 Å². The van der Waals surface area contributed by atoms with Crippen LogP contribution in [0.4, 0.5) is 4.39 Å². The summed E-state index contributed by atoms with van der Waals surface area (Å²) in [7, 11) is 0. The van der Waals surface area contributed by atoms with Crippen molar-refractivity contribution in [2.75, 3.05) is 6.54 Å². The predicted octanol–water partition coefficient (Wildman–Crippen LogP) is 3.50. The SMILES string of the molecule is NCCCCCCC(=O)Cc1ccc(F)cc1Cl. The normalized spacial score (nSPS) is 10.6. The highest BCUT2D eigenvalue weighted by Gasteiger charge is 2.07. The second-order valence-corrected chi connectivity index (χ2v) is 4.81. The molecule has 0 aliphatic heterocycles. The summed E-state index contributed by atoms with van der Waals surface area (Å²) < 4.78 is 12.8. The van der Waals surface area contributed by atoms with Crippen LogP contribution in [0.15, 0.2) is 18.2 Å². The molecule has 0 atom stereocenters. The number of ketones is 1. The van der Waals surface area contributed by atoms with Gasteiger partial charge in [0.25, 0.3) is 0 Å². The van der Waals surface area contributed by atoms with E-state index in [1.54, 1.807) is 6.07 Å². The first-order valence-electron chi connectivity index (χ1n) is 6.29. The third kappa shape index (κ3) is 5.61. The number of halogens is 2. The van der Waals surface area contributed by atoms with Gasteiger partial charge in [-0.2, -0.15) is 0 Å². The van der Waals surface area contributed by atoms with Crippen molar-refractivity contribution in [2.24, 2.45) is 5.73 Å². The molecule has 0 aromatic heterocycles. The van der Waals surface area contributed by atoms with Crippen LogP contribution in [0, 0.1) is 5.82 Å². The first-order valence-corrected chi connectivity index (χ1v) is 6.67. The molecule has 2 nitrogen and oxygen atoms in total. The van der Waals surface area contributed by atoms with E-state index in [1.807, 2.05) is 0 Å². The number of nitrogens with two attached hydrogens (primary N) is 1. The van der Waals surface area contributed by atoms with Gasteiger partial charge in [-0.05, 0) is 37.1 Å². The number of hydrogen-bond donors (Lipinski definition) is 1. The zero-order valence-electron chi connectivity index (χ0n) is 10.4. The van der Waals surface area contributed by atoms with Crippen molar-refractivity contribution in [3.05, 3.63) is 34.6 Å². The smallest absolute Gasteiger partial charge is 0.137 e. The van der Waals surface area contributed by atoms with E-state index in [2.05, 4.69) is 0 Å². The van der Waals surface area contributed by atoms with Gasteiger partial charge in [-0.3, -0.25) is 4.79 Å². The van der Waals surface area contributed by atoms with Gasteiger partial charge in [0.2, 0.25) is 0 Å². The monoisotopic (exact) mass is 271 g/mol. The van der Waals surface area contributed by atoms with Gasteiger partial charge in [-0.25, -0.2) is 4.39 Å². The fourth-order valence-corrected chi connectivity index (χ4v) is 2.02. The summed E-state index contributed by atoms with van der Waals surface area (Å²) in [5, 5.41) is 0.325. The minimum Gasteiger partial charge on any atom is -0.330 e. The Bertz CT molecular complexity index is 395. The fourth-order valence-electron chi connectivity index (χ4n) is 1.79. The molecule has 2 N–H and O–H groups in total. The summed E-state index contributed by atoms with van der Waals surface area (Å²) in [5.41, 5.74) is 6.09. The average molecular weight is 272 g/mol. The molecule has 0 fully saturated rings. The maximum absolute atomic E-state index is 12.8. The van der Waals surface area contributed by atoms with E-state index in [4.69, 9.17) is 17.3 Å². The van der Waals surface area contributed by atoms with E-state index in [-0.39, 0.29) is 18.0 Å². The molecule has 0 aliphatic rings. The molecule has 0 amide bonds. The predicted molar refractivity (Wildman–Crippen MR) is 72.3 cm³/mol. The van der Waals surface area contributed by atoms with Gasteiger partial charge in [0.1, 0.15) is 11.6 Å². The molecule has 0 heterocycles. The maximum Gasteiger partial charge on any atom is 0.137 e.